The second-order valence-corrected chi connectivity index (χ2v) is 6.21. The van der Waals surface area contributed by atoms with Crippen molar-refractivity contribution in [3.05, 3.63) is 28.0 Å². The molecule has 1 aliphatic rings. The first-order valence-corrected chi connectivity index (χ1v) is 7.38. The Morgan fingerprint density at radius 2 is 1.90 bits per heavy atom. The van der Waals surface area contributed by atoms with E-state index in [2.05, 4.69) is 16.0 Å². The SMILES string of the molecule is CC(C)(C#N)N1CCN(C(=O)c2nc(Cl)ccc2Cl)CC1. The van der Waals surface area contributed by atoms with Gasteiger partial charge in [0.05, 0.1) is 11.1 Å². The molecule has 0 radical (unpaired) electrons. The number of pyridine rings is 1. The first-order chi connectivity index (χ1) is 9.85. The summed E-state index contributed by atoms with van der Waals surface area (Å²) in [7, 11) is 0. The molecule has 0 spiro atoms. The Labute approximate surface area is 134 Å². The lowest BCUT2D eigenvalue weighted by atomic mass is 10.0. The average molecular weight is 327 g/mol. The number of hydrogen-bond donors (Lipinski definition) is 0. The summed E-state index contributed by atoms with van der Waals surface area (Å²) in [5, 5.41) is 9.69. The fourth-order valence-corrected chi connectivity index (χ4v) is 2.59. The normalized spacial score (nSPS) is 16.6. The van der Waals surface area contributed by atoms with Crippen molar-refractivity contribution < 1.29 is 4.79 Å². The van der Waals surface area contributed by atoms with Gasteiger partial charge in [0.25, 0.3) is 5.91 Å². The minimum absolute atomic E-state index is 0.178. The summed E-state index contributed by atoms with van der Waals surface area (Å²) in [6.45, 7) is 6.11. The Hall–Kier alpha value is -1.35. The van der Waals surface area contributed by atoms with Crippen LogP contribution in [0.3, 0.4) is 0 Å². The number of aromatic nitrogens is 1. The molecule has 7 heteroatoms. The van der Waals surface area contributed by atoms with Gasteiger partial charge in [-0.25, -0.2) is 4.98 Å². The van der Waals surface area contributed by atoms with Gasteiger partial charge in [0.15, 0.2) is 0 Å². The molecule has 1 saturated heterocycles. The first-order valence-electron chi connectivity index (χ1n) is 6.63. The van der Waals surface area contributed by atoms with Crippen LogP contribution in [0.4, 0.5) is 0 Å². The average Bonchev–Trinajstić information content (AvgIpc) is 2.49. The van der Waals surface area contributed by atoms with Crippen molar-refractivity contribution in [2.75, 3.05) is 26.2 Å². The minimum Gasteiger partial charge on any atom is -0.335 e. The van der Waals surface area contributed by atoms with Gasteiger partial charge >= 0.3 is 0 Å². The van der Waals surface area contributed by atoms with Crippen molar-refractivity contribution in [2.24, 2.45) is 0 Å². The molecule has 0 unspecified atom stereocenters. The zero-order chi connectivity index (χ0) is 15.6. The standard InChI is InChI=1S/C14H16Cl2N4O/c1-14(2,9-17)20-7-5-19(6-8-20)13(21)12-10(15)3-4-11(16)18-12/h3-4H,5-8H2,1-2H3. The number of nitrogens with zero attached hydrogens (tertiary/aromatic N) is 4. The maximum atomic E-state index is 12.4. The highest BCUT2D eigenvalue weighted by Gasteiger charge is 2.32. The maximum Gasteiger partial charge on any atom is 0.274 e. The van der Waals surface area contributed by atoms with Gasteiger partial charge in [0, 0.05) is 26.2 Å². The molecule has 0 bridgehead atoms. The first kappa shape index (κ1) is 16.0. The van der Waals surface area contributed by atoms with Crippen molar-refractivity contribution >= 4 is 29.1 Å². The van der Waals surface area contributed by atoms with Gasteiger partial charge in [-0.05, 0) is 26.0 Å². The summed E-state index contributed by atoms with van der Waals surface area (Å²) in [5.74, 6) is -0.225. The van der Waals surface area contributed by atoms with Gasteiger partial charge in [0.2, 0.25) is 0 Å². The van der Waals surface area contributed by atoms with E-state index >= 15 is 0 Å². The number of piperazine rings is 1. The molecule has 1 fully saturated rings. The Balaban J connectivity index is 2.07. The van der Waals surface area contributed by atoms with Crippen LogP contribution in [0.15, 0.2) is 12.1 Å². The molecule has 21 heavy (non-hydrogen) atoms. The Morgan fingerprint density at radius 3 is 2.48 bits per heavy atom. The molecule has 1 aliphatic heterocycles. The lowest BCUT2D eigenvalue weighted by Crippen LogP contribution is -2.55. The number of carbonyl (C=O) groups excluding carboxylic acids is 1. The van der Waals surface area contributed by atoms with Crippen molar-refractivity contribution in [1.29, 1.82) is 5.26 Å². The summed E-state index contributed by atoms with van der Waals surface area (Å²) in [6, 6.07) is 5.39. The number of nitriles is 1. The monoisotopic (exact) mass is 326 g/mol. The minimum atomic E-state index is -0.527. The summed E-state index contributed by atoms with van der Waals surface area (Å²) in [4.78, 5) is 20.2. The predicted octanol–water partition coefficient (Wildman–Crippen LogP) is 2.45. The zero-order valence-electron chi connectivity index (χ0n) is 11.9. The lowest BCUT2D eigenvalue weighted by molar-refractivity contribution is 0.0516. The zero-order valence-corrected chi connectivity index (χ0v) is 13.4. The molecule has 0 aliphatic carbocycles. The van der Waals surface area contributed by atoms with Crippen LogP contribution in [-0.4, -0.2) is 52.4 Å². The van der Waals surface area contributed by atoms with Crippen LogP contribution in [0.25, 0.3) is 0 Å². The van der Waals surface area contributed by atoms with E-state index in [-0.39, 0.29) is 16.8 Å². The van der Waals surface area contributed by atoms with Crippen LogP contribution in [0.2, 0.25) is 10.2 Å². The summed E-state index contributed by atoms with van der Waals surface area (Å²) in [6.07, 6.45) is 0. The third-order valence-electron chi connectivity index (χ3n) is 3.65. The summed E-state index contributed by atoms with van der Waals surface area (Å²) < 4.78 is 0. The van der Waals surface area contributed by atoms with Crippen LogP contribution in [-0.2, 0) is 0 Å². The molecule has 112 valence electrons. The van der Waals surface area contributed by atoms with Crippen molar-refractivity contribution in [3.63, 3.8) is 0 Å². The molecule has 0 atom stereocenters. The molecule has 1 amide bonds. The highest BCUT2D eigenvalue weighted by molar-refractivity contribution is 6.34. The second kappa shape index (κ2) is 6.18. The van der Waals surface area contributed by atoms with E-state index < -0.39 is 5.54 Å². The van der Waals surface area contributed by atoms with Crippen LogP contribution in [0.1, 0.15) is 24.3 Å². The Bertz CT molecular complexity index is 589. The Morgan fingerprint density at radius 1 is 1.29 bits per heavy atom. The van der Waals surface area contributed by atoms with Gasteiger partial charge in [-0.15, -0.1) is 0 Å². The van der Waals surface area contributed by atoms with Gasteiger partial charge in [0.1, 0.15) is 16.4 Å². The Kier molecular flexibility index (Phi) is 4.72. The molecular formula is C14H16Cl2N4O. The fourth-order valence-electron chi connectivity index (χ4n) is 2.26. The van der Waals surface area contributed by atoms with E-state index in [0.717, 1.165) is 0 Å². The number of halogens is 2. The molecule has 1 aromatic heterocycles. The highest BCUT2D eigenvalue weighted by Crippen LogP contribution is 2.21. The summed E-state index contributed by atoms with van der Waals surface area (Å²) in [5.41, 5.74) is -0.349. The van der Waals surface area contributed by atoms with Gasteiger partial charge in [-0.1, -0.05) is 23.2 Å². The number of hydrogen-bond acceptors (Lipinski definition) is 4. The molecule has 0 saturated carbocycles. The second-order valence-electron chi connectivity index (χ2n) is 5.41. The van der Waals surface area contributed by atoms with E-state index in [4.69, 9.17) is 28.5 Å². The fraction of sp³-hybridized carbons (Fsp3) is 0.500. The molecule has 5 nitrogen and oxygen atoms in total. The predicted molar refractivity (Wildman–Crippen MR) is 81.4 cm³/mol. The van der Waals surface area contributed by atoms with E-state index in [0.29, 0.717) is 31.2 Å². The van der Waals surface area contributed by atoms with E-state index in [1.54, 1.807) is 17.0 Å². The van der Waals surface area contributed by atoms with E-state index in [1.165, 1.54) is 0 Å². The molecule has 0 aromatic carbocycles. The van der Waals surface area contributed by atoms with Crippen LogP contribution in [0, 0.1) is 11.3 Å². The third-order valence-corrected chi connectivity index (χ3v) is 4.16. The lowest BCUT2D eigenvalue weighted by Gasteiger charge is -2.40. The smallest absolute Gasteiger partial charge is 0.274 e. The van der Waals surface area contributed by atoms with Crippen molar-refractivity contribution in [3.8, 4) is 6.07 Å². The van der Waals surface area contributed by atoms with E-state index in [1.807, 2.05) is 13.8 Å². The van der Waals surface area contributed by atoms with Gasteiger partial charge in [-0.3, -0.25) is 9.69 Å². The van der Waals surface area contributed by atoms with E-state index in [9.17, 15) is 4.79 Å². The van der Waals surface area contributed by atoms with Gasteiger partial charge in [-0.2, -0.15) is 5.26 Å². The molecular weight excluding hydrogens is 311 g/mol. The van der Waals surface area contributed by atoms with Crippen LogP contribution in [0.5, 0.6) is 0 Å². The molecule has 2 heterocycles. The van der Waals surface area contributed by atoms with Gasteiger partial charge < -0.3 is 4.90 Å². The quantitative estimate of drug-likeness (QED) is 0.783. The van der Waals surface area contributed by atoms with Crippen molar-refractivity contribution in [1.82, 2.24) is 14.8 Å². The largest absolute Gasteiger partial charge is 0.335 e. The topological polar surface area (TPSA) is 60.2 Å². The number of carbonyl (C=O) groups is 1. The number of rotatable bonds is 2. The van der Waals surface area contributed by atoms with Crippen LogP contribution < -0.4 is 0 Å². The van der Waals surface area contributed by atoms with Crippen molar-refractivity contribution in [2.45, 2.75) is 19.4 Å². The summed E-state index contributed by atoms with van der Waals surface area (Å²) >= 11 is 11.8. The highest BCUT2D eigenvalue weighted by atomic mass is 35.5. The molecule has 1 aromatic rings. The molecule has 2 rings (SSSR count). The molecule has 0 N–H and O–H groups in total. The number of amides is 1. The maximum absolute atomic E-state index is 12.4. The third kappa shape index (κ3) is 3.46. The van der Waals surface area contributed by atoms with Crippen LogP contribution >= 0.6 is 23.2 Å².